The van der Waals surface area contributed by atoms with Crippen molar-refractivity contribution in [1.82, 2.24) is 29.6 Å². The summed E-state index contributed by atoms with van der Waals surface area (Å²) in [6.45, 7) is 1.61. The van der Waals surface area contributed by atoms with Crippen LogP contribution >= 0.6 is 0 Å². The minimum Gasteiger partial charge on any atom is -0.338 e. The zero-order valence-corrected chi connectivity index (χ0v) is 19.8. The van der Waals surface area contributed by atoms with Crippen LogP contribution in [0.15, 0.2) is 61.2 Å². The van der Waals surface area contributed by atoms with E-state index in [1.165, 1.54) is 0 Å². The van der Waals surface area contributed by atoms with E-state index in [1.807, 2.05) is 25.6 Å². The normalized spacial score (nSPS) is 15.8. The lowest BCUT2D eigenvalue weighted by Gasteiger charge is -2.32. The minimum absolute atomic E-state index is 0.176. The quantitative estimate of drug-likeness (QED) is 0.338. The second-order valence-electron chi connectivity index (χ2n) is 9.55. The number of nitrogens with one attached hydrogen (secondary N) is 1. The maximum Gasteiger partial charge on any atom is 0.391 e. The van der Waals surface area contributed by atoms with Gasteiger partial charge in [0.15, 0.2) is 0 Å². The van der Waals surface area contributed by atoms with Gasteiger partial charge in [-0.15, -0.1) is 0 Å². The van der Waals surface area contributed by atoms with E-state index in [9.17, 15) is 13.2 Å². The van der Waals surface area contributed by atoms with Gasteiger partial charge in [0.05, 0.1) is 29.5 Å². The Morgan fingerprint density at radius 2 is 1.69 bits per heavy atom. The zero-order chi connectivity index (χ0) is 24.9. The Morgan fingerprint density at radius 3 is 2.39 bits per heavy atom. The number of nitrogens with zero attached hydrogens (tertiary/aromatic N) is 5. The number of H-pyrrole nitrogens is 1. The lowest BCUT2D eigenvalue weighted by atomic mass is 9.96. The van der Waals surface area contributed by atoms with Crippen molar-refractivity contribution in [3.05, 3.63) is 66.7 Å². The summed E-state index contributed by atoms with van der Waals surface area (Å²) in [5, 5.41) is 6.31. The molecule has 0 saturated carbocycles. The molecule has 5 aromatic rings. The Morgan fingerprint density at radius 1 is 0.917 bits per heavy atom. The number of aryl methyl sites for hydroxylation is 1. The minimum atomic E-state index is -4.08. The van der Waals surface area contributed by atoms with Gasteiger partial charge >= 0.3 is 6.18 Å². The monoisotopic (exact) mass is 490 g/mol. The number of hydrogen-bond acceptors (Lipinski definition) is 4. The highest BCUT2D eigenvalue weighted by atomic mass is 19.4. The van der Waals surface area contributed by atoms with Crippen LogP contribution in [0.3, 0.4) is 0 Å². The van der Waals surface area contributed by atoms with E-state index in [1.54, 1.807) is 10.9 Å². The summed E-state index contributed by atoms with van der Waals surface area (Å²) in [5.41, 5.74) is 6.67. The Kier molecular flexibility index (Phi) is 5.52. The molecule has 1 fully saturated rings. The first-order valence-electron chi connectivity index (χ1n) is 12.0. The lowest BCUT2D eigenvalue weighted by molar-refractivity contribution is -0.185. The number of alkyl halides is 3. The molecule has 5 heterocycles. The molecule has 1 aliphatic heterocycles. The summed E-state index contributed by atoms with van der Waals surface area (Å²) in [6.07, 6.45) is 3.69. The van der Waals surface area contributed by atoms with Gasteiger partial charge in [-0.1, -0.05) is 24.3 Å². The van der Waals surface area contributed by atoms with Crippen molar-refractivity contribution in [3.63, 3.8) is 0 Å². The summed E-state index contributed by atoms with van der Waals surface area (Å²) in [7, 11) is 1.88. The number of rotatable bonds is 4. The summed E-state index contributed by atoms with van der Waals surface area (Å²) in [5.74, 6) is -1.17. The van der Waals surface area contributed by atoms with Crippen LogP contribution in [0.1, 0.15) is 18.4 Å². The maximum atomic E-state index is 12.9. The summed E-state index contributed by atoms with van der Waals surface area (Å²) >= 11 is 0. The van der Waals surface area contributed by atoms with Gasteiger partial charge < -0.3 is 4.98 Å². The van der Waals surface area contributed by atoms with Crippen LogP contribution in [-0.2, 0) is 13.6 Å². The SMILES string of the molecule is Cn1cc(-c2cc3c(cn2)[nH]c2ncc(-c4ccc(CN5CCC(C(F)(F)F)CC5)cc4)cc23)cn1. The first kappa shape index (κ1) is 22.7. The highest BCUT2D eigenvalue weighted by Gasteiger charge is 2.40. The summed E-state index contributed by atoms with van der Waals surface area (Å²) in [6, 6.07) is 12.4. The molecule has 1 aromatic carbocycles. The average molecular weight is 491 g/mol. The molecule has 0 bridgehead atoms. The Hall–Kier alpha value is -3.72. The number of aromatic amines is 1. The Labute approximate surface area is 205 Å². The van der Waals surface area contributed by atoms with Crippen LogP contribution in [0.25, 0.3) is 44.3 Å². The molecule has 0 radical (unpaired) electrons. The van der Waals surface area contributed by atoms with Gasteiger partial charge in [0.1, 0.15) is 5.65 Å². The summed E-state index contributed by atoms with van der Waals surface area (Å²) in [4.78, 5) is 14.7. The van der Waals surface area contributed by atoms with E-state index in [2.05, 4.69) is 61.3 Å². The van der Waals surface area contributed by atoms with E-state index < -0.39 is 12.1 Å². The predicted octanol–water partition coefficient (Wildman–Crippen LogP) is 5.95. The second-order valence-corrected chi connectivity index (χ2v) is 9.55. The molecular weight excluding hydrogens is 465 g/mol. The average Bonchev–Trinajstić information content (AvgIpc) is 3.47. The first-order chi connectivity index (χ1) is 17.3. The molecule has 0 amide bonds. The van der Waals surface area contributed by atoms with Crippen molar-refractivity contribution in [3.8, 4) is 22.4 Å². The van der Waals surface area contributed by atoms with Crippen LogP contribution < -0.4 is 0 Å². The molecule has 4 aromatic heterocycles. The van der Waals surface area contributed by atoms with Crippen molar-refractivity contribution < 1.29 is 13.2 Å². The Bertz CT molecular complexity index is 1530. The maximum absolute atomic E-state index is 12.9. The van der Waals surface area contributed by atoms with Crippen LogP contribution in [-0.4, -0.2) is 48.9 Å². The van der Waals surface area contributed by atoms with Crippen LogP contribution in [0.2, 0.25) is 0 Å². The number of likely N-dealkylation sites (tertiary alicyclic amines) is 1. The fourth-order valence-corrected chi connectivity index (χ4v) is 5.02. The molecule has 6 rings (SSSR count). The van der Waals surface area contributed by atoms with Crippen molar-refractivity contribution in [2.24, 2.45) is 13.0 Å². The van der Waals surface area contributed by atoms with Gasteiger partial charge in [0.2, 0.25) is 0 Å². The fourth-order valence-electron chi connectivity index (χ4n) is 5.02. The number of halogens is 3. The van der Waals surface area contributed by atoms with Gasteiger partial charge in [0.25, 0.3) is 0 Å². The summed E-state index contributed by atoms with van der Waals surface area (Å²) < 4.78 is 40.5. The molecule has 1 N–H and O–H groups in total. The van der Waals surface area contributed by atoms with E-state index in [0.29, 0.717) is 19.6 Å². The third-order valence-corrected chi connectivity index (χ3v) is 7.08. The molecule has 36 heavy (non-hydrogen) atoms. The number of fused-ring (bicyclic) bond motifs is 3. The van der Waals surface area contributed by atoms with E-state index in [0.717, 1.165) is 49.9 Å². The molecule has 0 atom stereocenters. The smallest absolute Gasteiger partial charge is 0.338 e. The molecular formula is C27H25F3N6. The Balaban J connectivity index is 1.23. The van der Waals surface area contributed by atoms with Crippen LogP contribution in [0.5, 0.6) is 0 Å². The second kappa shape index (κ2) is 8.74. The van der Waals surface area contributed by atoms with Crippen LogP contribution in [0.4, 0.5) is 13.2 Å². The third-order valence-electron chi connectivity index (χ3n) is 7.08. The number of piperidine rings is 1. The van der Waals surface area contributed by atoms with E-state index in [-0.39, 0.29) is 12.8 Å². The molecule has 184 valence electrons. The highest BCUT2D eigenvalue weighted by molar-refractivity contribution is 6.07. The van der Waals surface area contributed by atoms with Gasteiger partial charge in [-0.25, -0.2) is 4.98 Å². The molecule has 0 unspecified atom stereocenters. The molecule has 0 spiro atoms. The van der Waals surface area contributed by atoms with Crippen molar-refractivity contribution in [2.75, 3.05) is 13.1 Å². The molecule has 0 aliphatic carbocycles. The van der Waals surface area contributed by atoms with E-state index in [4.69, 9.17) is 0 Å². The molecule has 1 saturated heterocycles. The van der Waals surface area contributed by atoms with Crippen molar-refractivity contribution in [2.45, 2.75) is 25.6 Å². The van der Waals surface area contributed by atoms with E-state index >= 15 is 0 Å². The fraction of sp³-hybridized carbons (Fsp3) is 0.296. The zero-order valence-electron chi connectivity index (χ0n) is 19.8. The standard InChI is InChI=1S/C27H25F3N6/c1-35-16-20(13-33-35)24-11-22-23-10-19(12-32-26(23)34-25(22)14-31-24)18-4-2-17(3-5-18)15-36-8-6-21(7-9-36)27(28,29)30/h2-5,10-14,16,21H,6-9,15H2,1H3,(H,32,34). The lowest BCUT2D eigenvalue weighted by Crippen LogP contribution is -2.38. The highest BCUT2D eigenvalue weighted by Crippen LogP contribution is 2.35. The number of benzene rings is 1. The molecule has 6 nitrogen and oxygen atoms in total. The van der Waals surface area contributed by atoms with Gasteiger partial charge in [0, 0.05) is 47.9 Å². The number of pyridine rings is 2. The van der Waals surface area contributed by atoms with Gasteiger partial charge in [-0.3, -0.25) is 14.6 Å². The van der Waals surface area contributed by atoms with Gasteiger partial charge in [-0.05, 0) is 49.2 Å². The third kappa shape index (κ3) is 4.35. The predicted molar refractivity (Wildman–Crippen MR) is 133 cm³/mol. The van der Waals surface area contributed by atoms with Crippen molar-refractivity contribution in [1.29, 1.82) is 0 Å². The topological polar surface area (TPSA) is 62.6 Å². The van der Waals surface area contributed by atoms with Crippen molar-refractivity contribution >= 4 is 21.9 Å². The van der Waals surface area contributed by atoms with Gasteiger partial charge in [-0.2, -0.15) is 18.3 Å². The largest absolute Gasteiger partial charge is 0.391 e. The molecule has 1 aliphatic rings. The number of hydrogen-bond donors (Lipinski definition) is 1. The molecule has 9 heteroatoms. The number of aromatic nitrogens is 5. The van der Waals surface area contributed by atoms with Crippen LogP contribution in [0, 0.1) is 5.92 Å². The first-order valence-corrected chi connectivity index (χ1v) is 12.0.